The van der Waals surface area contributed by atoms with E-state index in [0.29, 0.717) is 37.2 Å². The summed E-state index contributed by atoms with van der Waals surface area (Å²) in [6.45, 7) is 2.40. The maximum Gasteiger partial charge on any atom is 0.275 e. The Balaban J connectivity index is 1.65. The van der Waals surface area contributed by atoms with E-state index >= 15 is 0 Å². The molecular weight excluding hydrogens is 519 g/mol. The summed E-state index contributed by atoms with van der Waals surface area (Å²) in [5.41, 5.74) is 2.81. The van der Waals surface area contributed by atoms with E-state index in [1.807, 2.05) is 60.7 Å². The lowest BCUT2D eigenvalue weighted by molar-refractivity contribution is -0.131. The first-order chi connectivity index (χ1) is 19.9. The largest absolute Gasteiger partial charge is 0.340 e. The lowest BCUT2D eigenvalue weighted by Crippen LogP contribution is -2.41. The SMILES string of the molecule is CNC(C)C(=O)Nc1ccc(-c2ccc(F)cc2)n(CC(=O)N(CCc2ccccc2)CCc2ccccc2)c1=O. The summed E-state index contributed by atoms with van der Waals surface area (Å²) >= 11 is 0. The molecule has 0 saturated carbocycles. The van der Waals surface area contributed by atoms with E-state index in [1.54, 1.807) is 37.1 Å². The molecule has 0 spiro atoms. The molecule has 0 aliphatic carbocycles. The molecule has 8 heteroatoms. The Morgan fingerprint density at radius 3 is 1.93 bits per heavy atom. The van der Waals surface area contributed by atoms with Gasteiger partial charge in [0.25, 0.3) is 5.56 Å². The van der Waals surface area contributed by atoms with E-state index in [1.165, 1.54) is 22.8 Å². The maximum atomic E-state index is 13.8. The van der Waals surface area contributed by atoms with Crippen molar-refractivity contribution in [3.8, 4) is 11.3 Å². The molecule has 4 aromatic rings. The predicted molar refractivity (Wildman–Crippen MR) is 160 cm³/mol. The first-order valence-electron chi connectivity index (χ1n) is 13.7. The molecule has 41 heavy (non-hydrogen) atoms. The van der Waals surface area contributed by atoms with Gasteiger partial charge >= 0.3 is 0 Å². The van der Waals surface area contributed by atoms with Gasteiger partial charge in [-0.2, -0.15) is 0 Å². The molecule has 7 nitrogen and oxygen atoms in total. The molecule has 4 rings (SSSR count). The fourth-order valence-corrected chi connectivity index (χ4v) is 4.49. The van der Waals surface area contributed by atoms with E-state index in [0.717, 1.165) is 11.1 Å². The third-order valence-electron chi connectivity index (χ3n) is 7.07. The molecule has 3 aromatic carbocycles. The number of carbonyl (C=O) groups is 2. The van der Waals surface area contributed by atoms with Gasteiger partial charge in [-0.3, -0.25) is 19.0 Å². The predicted octanol–water partition coefficient (Wildman–Crippen LogP) is 4.51. The van der Waals surface area contributed by atoms with Crippen LogP contribution in [0.5, 0.6) is 0 Å². The second-order valence-electron chi connectivity index (χ2n) is 9.88. The van der Waals surface area contributed by atoms with Gasteiger partial charge in [-0.05, 0) is 79.9 Å². The van der Waals surface area contributed by atoms with Gasteiger partial charge in [0.1, 0.15) is 18.0 Å². The van der Waals surface area contributed by atoms with Crippen LogP contribution in [-0.2, 0) is 29.0 Å². The van der Waals surface area contributed by atoms with E-state index < -0.39 is 17.4 Å². The molecule has 1 heterocycles. The average Bonchev–Trinajstić information content (AvgIpc) is 3.00. The van der Waals surface area contributed by atoms with Crippen LogP contribution in [0.25, 0.3) is 11.3 Å². The minimum Gasteiger partial charge on any atom is -0.340 e. The van der Waals surface area contributed by atoms with Crippen molar-refractivity contribution >= 4 is 17.5 Å². The van der Waals surface area contributed by atoms with Crippen LogP contribution in [0.3, 0.4) is 0 Å². The number of carbonyl (C=O) groups excluding carboxylic acids is 2. The standard InChI is InChI=1S/C33H35FN4O3/c1-24(35-2)32(40)36-29-17-18-30(27-13-15-28(34)16-14-27)38(33(29)41)23-31(39)37(21-19-25-9-5-3-6-10-25)22-20-26-11-7-4-8-12-26/h3-18,24,35H,19-23H2,1-2H3,(H,36,40). The van der Waals surface area contributed by atoms with Gasteiger partial charge in [-0.25, -0.2) is 4.39 Å². The highest BCUT2D eigenvalue weighted by molar-refractivity contribution is 5.94. The van der Waals surface area contributed by atoms with Crippen LogP contribution in [0.4, 0.5) is 10.1 Å². The number of rotatable bonds is 12. The van der Waals surface area contributed by atoms with Gasteiger partial charge in [-0.1, -0.05) is 60.7 Å². The van der Waals surface area contributed by atoms with Crippen molar-refractivity contribution in [1.82, 2.24) is 14.8 Å². The van der Waals surface area contributed by atoms with Crippen LogP contribution >= 0.6 is 0 Å². The van der Waals surface area contributed by atoms with Crippen molar-refractivity contribution in [3.63, 3.8) is 0 Å². The van der Waals surface area contributed by atoms with E-state index in [9.17, 15) is 18.8 Å². The first-order valence-corrected chi connectivity index (χ1v) is 13.7. The zero-order valence-electron chi connectivity index (χ0n) is 23.3. The van der Waals surface area contributed by atoms with E-state index in [-0.39, 0.29) is 24.0 Å². The molecule has 1 atom stereocenters. The Labute approximate surface area is 239 Å². The molecule has 0 fully saturated rings. The smallest absolute Gasteiger partial charge is 0.275 e. The molecule has 1 unspecified atom stereocenters. The van der Waals surface area contributed by atoms with Crippen molar-refractivity contribution in [2.24, 2.45) is 0 Å². The summed E-state index contributed by atoms with van der Waals surface area (Å²) in [6, 6.07) is 28.3. The normalized spacial score (nSPS) is 11.6. The monoisotopic (exact) mass is 554 g/mol. The van der Waals surface area contributed by atoms with Crippen molar-refractivity contribution in [3.05, 3.63) is 124 Å². The van der Waals surface area contributed by atoms with Gasteiger partial charge in [-0.15, -0.1) is 0 Å². The zero-order chi connectivity index (χ0) is 29.2. The number of hydrogen-bond acceptors (Lipinski definition) is 4. The molecule has 1 aromatic heterocycles. The molecule has 0 aliphatic heterocycles. The second-order valence-corrected chi connectivity index (χ2v) is 9.88. The third kappa shape index (κ3) is 7.99. The summed E-state index contributed by atoms with van der Waals surface area (Å²) in [5, 5.41) is 5.51. The van der Waals surface area contributed by atoms with Crippen LogP contribution in [0, 0.1) is 5.82 Å². The molecule has 0 bridgehead atoms. The van der Waals surface area contributed by atoms with Crippen LogP contribution < -0.4 is 16.2 Å². The van der Waals surface area contributed by atoms with E-state index in [4.69, 9.17) is 0 Å². The number of halogens is 1. The van der Waals surface area contributed by atoms with Crippen molar-refractivity contribution in [1.29, 1.82) is 0 Å². The summed E-state index contributed by atoms with van der Waals surface area (Å²) in [6.07, 6.45) is 1.33. The van der Waals surface area contributed by atoms with Crippen molar-refractivity contribution < 1.29 is 14.0 Å². The van der Waals surface area contributed by atoms with Gasteiger partial charge in [0, 0.05) is 13.1 Å². The number of nitrogens with one attached hydrogen (secondary N) is 2. The maximum absolute atomic E-state index is 13.8. The second kappa shape index (κ2) is 14.2. The fourth-order valence-electron chi connectivity index (χ4n) is 4.49. The number of nitrogens with zero attached hydrogens (tertiary/aromatic N) is 2. The van der Waals surface area contributed by atoms with Gasteiger partial charge in [0.05, 0.1) is 11.7 Å². The number of amides is 2. The molecule has 2 N–H and O–H groups in total. The summed E-state index contributed by atoms with van der Waals surface area (Å²) in [4.78, 5) is 41.8. The third-order valence-corrected chi connectivity index (χ3v) is 7.07. The molecule has 2 amide bonds. The van der Waals surface area contributed by atoms with Gasteiger partial charge in [0.2, 0.25) is 11.8 Å². The van der Waals surface area contributed by atoms with Gasteiger partial charge in [0.15, 0.2) is 0 Å². The van der Waals surface area contributed by atoms with Gasteiger partial charge < -0.3 is 15.5 Å². The number of anilines is 1. The van der Waals surface area contributed by atoms with Crippen molar-refractivity contribution in [2.45, 2.75) is 32.4 Å². The first kappa shape index (κ1) is 29.4. The van der Waals surface area contributed by atoms with E-state index in [2.05, 4.69) is 10.6 Å². The van der Waals surface area contributed by atoms with Crippen LogP contribution in [0.2, 0.25) is 0 Å². The number of pyridine rings is 1. The molecule has 0 aliphatic rings. The Kier molecular flexibility index (Phi) is 10.2. The summed E-state index contributed by atoms with van der Waals surface area (Å²) < 4.78 is 15.0. The lowest BCUT2D eigenvalue weighted by atomic mass is 10.1. The number of benzene rings is 3. The van der Waals surface area contributed by atoms with Crippen LogP contribution in [0.1, 0.15) is 18.1 Å². The number of hydrogen-bond donors (Lipinski definition) is 2. The highest BCUT2D eigenvalue weighted by Crippen LogP contribution is 2.21. The summed E-state index contributed by atoms with van der Waals surface area (Å²) in [7, 11) is 1.65. The Morgan fingerprint density at radius 2 is 1.39 bits per heavy atom. The van der Waals surface area contributed by atoms with Crippen molar-refractivity contribution in [2.75, 3.05) is 25.5 Å². The Morgan fingerprint density at radius 1 is 0.829 bits per heavy atom. The summed E-state index contributed by atoms with van der Waals surface area (Å²) in [5.74, 6) is -1.00. The highest BCUT2D eigenvalue weighted by Gasteiger charge is 2.20. The Bertz CT molecular complexity index is 1460. The number of likely N-dealkylation sites (N-methyl/N-ethyl adjacent to an activating group) is 1. The zero-order valence-corrected chi connectivity index (χ0v) is 23.3. The molecule has 0 saturated heterocycles. The Hall–Kier alpha value is -4.56. The number of aromatic nitrogens is 1. The average molecular weight is 555 g/mol. The minimum atomic E-state index is -0.521. The quantitative estimate of drug-likeness (QED) is 0.270. The van der Waals surface area contributed by atoms with Crippen LogP contribution in [-0.4, -0.2) is 47.5 Å². The molecule has 0 radical (unpaired) electrons. The highest BCUT2D eigenvalue weighted by atomic mass is 19.1. The fraction of sp³-hybridized carbons (Fsp3) is 0.242. The lowest BCUT2D eigenvalue weighted by Gasteiger charge is -2.25. The topological polar surface area (TPSA) is 83.4 Å². The molecule has 212 valence electrons. The minimum absolute atomic E-state index is 0.0656. The van der Waals surface area contributed by atoms with Crippen LogP contribution in [0.15, 0.2) is 102 Å². The molecular formula is C33H35FN4O3.